The molecule has 1 rings (SSSR count). The fraction of sp³-hybridized carbons (Fsp3) is 0.625. The number of rotatable bonds is 8. The number of anilines is 1. The molecule has 0 fully saturated rings. The van der Waals surface area contributed by atoms with Gasteiger partial charge in [-0.2, -0.15) is 0 Å². The van der Waals surface area contributed by atoms with Gasteiger partial charge in [0.25, 0.3) is 0 Å². The second-order valence-electron chi connectivity index (χ2n) is 5.32. The van der Waals surface area contributed by atoms with Gasteiger partial charge in [-0.25, -0.2) is 0 Å². The van der Waals surface area contributed by atoms with Crippen LogP contribution in [0.15, 0.2) is 18.2 Å². The van der Waals surface area contributed by atoms with E-state index in [1.807, 2.05) is 0 Å². The van der Waals surface area contributed by atoms with Gasteiger partial charge in [-0.15, -0.1) is 0 Å². The quantitative estimate of drug-likeness (QED) is 0.712. The van der Waals surface area contributed by atoms with Crippen LogP contribution in [0.4, 0.5) is 5.69 Å². The van der Waals surface area contributed by atoms with Crippen LogP contribution in [0.1, 0.15) is 43.2 Å². The molecule has 0 unspecified atom stereocenters. The largest absolute Gasteiger partial charge is 0.375 e. The Morgan fingerprint density at radius 2 is 1.44 bits per heavy atom. The maximum absolute atomic E-state index is 5.49. The van der Waals surface area contributed by atoms with Crippen LogP contribution in [0.5, 0.6) is 0 Å². The predicted molar refractivity (Wildman–Crippen MR) is 81.3 cm³/mol. The predicted octanol–water partition coefficient (Wildman–Crippen LogP) is 3.65. The minimum Gasteiger partial charge on any atom is -0.375 e. The smallest absolute Gasteiger partial charge is 0.0368 e. The molecule has 0 aliphatic carbocycles. The zero-order valence-electron chi connectivity index (χ0n) is 12.2. The molecule has 1 aromatic rings. The highest BCUT2D eigenvalue weighted by Crippen LogP contribution is 2.18. The number of nitrogens with zero attached hydrogens (tertiary/aromatic N) is 1. The van der Waals surface area contributed by atoms with E-state index in [1.165, 1.54) is 48.9 Å². The standard InChI is InChI=1S/C16H28N2/c1-14-11-15(2)13-16(12-14)18(3)10-8-6-4-5-7-9-17/h11-13H,4-10,17H2,1-3H3. The van der Waals surface area contributed by atoms with Crippen molar-refractivity contribution in [2.24, 2.45) is 5.73 Å². The van der Waals surface area contributed by atoms with Gasteiger partial charge in [-0.3, -0.25) is 0 Å². The molecular formula is C16H28N2. The molecule has 0 amide bonds. The van der Waals surface area contributed by atoms with Crippen molar-refractivity contribution in [3.63, 3.8) is 0 Å². The summed E-state index contributed by atoms with van der Waals surface area (Å²) in [6, 6.07) is 6.76. The first-order valence-electron chi connectivity index (χ1n) is 7.13. The summed E-state index contributed by atoms with van der Waals surface area (Å²) in [7, 11) is 2.19. The van der Waals surface area contributed by atoms with E-state index in [-0.39, 0.29) is 0 Å². The summed E-state index contributed by atoms with van der Waals surface area (Å²) in [6.45, 7) is 6.31. The zero-order chi connectivity index (χ0) is 13.4. The molecule has 0 radical (unpaired) electrons. The van der Waals surface area contributed by atoms with E-state index in [9.17, 15) is 0 Å². The third-order valence-corrected chi connectivity index (χ3v) is 3.34. The van der Waals surface area contributed by atoms with Crippen LogP contribution in [0.25, 0.3) is 0 Å². The van der Waals surface area contributed by atoms with Gasteiger partial charge in [0, 0.05) is 19.3 Å². The Labute approximate surface area is 112 Å². The molecule has 0 saturated carbocycles. The summed E-state index contributed by atoms with van der Waals surface area (Å²) in [5.74, 6) is 0. The molecule has 0 spiro atoms. The van der Waals surface area contributed by atoms with E-state index in [2.05, 4.69) is 44.0 Å². The average molecular weight is 248 g/mol. The van der Waals surface area contributed by atoms with Crippen molar-refractivity contribution in [1.82, 2.24) is 0 Å². The number of benzene rings is 1. The fourth-order valence-electron chi connectivity index (χ4n) is 2.32. The van der Waals surface area contributed by atoms with E-state index < -0.39 is 0 Å². The maximum Gasteiger partial charge on any atom is 0.0368 e. The van der Waals surface area contributed by atoms with Crippen molar-refractivity contribution in [3.05, 3.63) is 29.3 Å². The lowest BCUT2D eigenvalue weighted by Crippen LogP contribution is -2.18. The van der Waals surface area contributed by atoms with E-state index in [0.717, 1.165) is 13.1 Å². The Hall–Kier alpha value is -1.02. The number of aryl methyl sites for hydroxylation is 2. The van der Waals surface area contributed by atoms with Gasteiger partial charge in [-0.05, 0) is 56.5 Å². The minimum atomic E-state index is 0.836. The van der Waals surface area contributed by atoms with Gasteiger partial charge in [0.1, 0.15) is 0 Å². The van der Waals surface area contributed by atoms with Crippen molar-refractivity contribution < 1.29 is 0 Å². The second-order valence-corrected chi connectivity index (χ2v) is 5.32. The highest BCUT2D eigenvalue weighted by Gasteiger charge is 2.02. The number of nitrogens with two attached hydrogens (primary N) is 1. The number of hydrogen-bond donors (Lipinski definition) is 1. The Bertz CT molecular complexity index is 327. The lowest BCUT2D eigenvalue weighted by Gasteiger charge is -2.20. The van der Waals surface area contributed by atoms with E-state index in [1.54, 1.807) is 0 Å². The van der Waals surface area contributed by atoms with Gasteiger partial charge in [0.05, 0.1) is 0 Å². The average Bonchev–Trinajstić information content (AvgIpc) is 2.32. The van der Waals surface area contributed by atoms with Crippen molar-refractivity contribution >= 4 is 5.69 Å². The molecule has 2 heteroatoms. The molecule has 18 heavy (non-hydrogen) atoms. The van der Waals surface area contributed by atoms with Gasteiger partial charge >= 0.3 is 0 Å². The highest BCUT2D eigenvalue weighted by molar-refractivity contribution is 5.50. The van der Waals surface area contributed by atoms with Crippen LogP contribution < -0.4 is 10.6 Å². The molecule has 0 atom stereocenters. The van der Waals surface area contributed by atoms with Crippen LogP contribution >= 0.6 is 0 Å². The van der Waals surface area contributed by atoms with Crippen molar-refractivity contribution in [1.29, 1.82) is 0 Å². The summed E-state index contributed by atoms with van der Waals surface area (Å²) in [5, 5.41) is 0. The Kier molecular flexibility index (Phi) is 6.81. The second kappa shape index (κ2) is 8.15. The number of unbranched alkanes of at least 4 members (excludes halogenated alkanes) is 4. The summed E-state index contributed by atoms with van der Waals surface area (Å²) in [4.78, 5) is 2.36. The third kappa shape index (κ3) is 5.54. The first-order valence-corrected chi connectivity index (χ1v) is 7.13. The molecule has 0 aliphatic heterocycles. The van der Waals surface area contributed by atoms with Crippen LogP contribution in [-0.2, 0) is 0 Å². The molecule has 0 bridgehead atoms. The van der Waals surface area contributed by atoms with Crippen molar-refractivity contribution in [2.75, 3.05) is 25.0 Å². The molecule has 2 nitrogen and oxygen atoms in total. The van der Waals surface area contributed by atoms with Crippen molar-refractivity contribution in [2.45, 2.75) is 46.0 Å². The molecule has 2 N–H and O–H groups in total. The normalized spacial score (nSPS) is 10.7. The van der Waals surface area contributed by atoms with E-state index in [4.69, 9.17) is 5.73 Å². The van der Waals surface area contributed by atoms with Gasteiger partial charge in [0.15, 0.2) is 0 Å². The molecule has 102 valence electrons. The van der Waals surface area contributed by atoms with Gasteiger partial charge < -0.3 is 10.6 Å². The Balaban J connectivity index is 2.29. The minimum absolute atomic E-state index is 0.836. The summed E-state index contributed by atoms with van der Waals surface area (Å²) < 4.78 is 0. The molecule has 0 heterocycles. The topological polar surface area (TPSA) is 29.3 Å². The molecule has 1 aromatic carbocycles. The molecule has 0 saturated heterocycles. The first kappa shape index (κ1) is 15.0. The fourth-order valence-corrected chi connectivity index (χ4v) is 2.32. The summed E-state index contributed by atoms with van der Waals surface area (Å²) in [5.41, 5.74) is 9.52. The van der Waals surface area contributed by atoms with E-state index in [0.29, 0.717) is 0 Å². The molecular weight excluding hydrogens is 220 g/mol. The van der Waals surface area contributed by atoms with Crippen molar-refractivity contribution in [3.8, 4) is 0 Å². The maximum atomic E-state index is 5.49. The summed E-state index contributed by atoms with van der Waals surface area (Å²) in [6.07, 6.45) is 6.36. The lowest BCUT2D eigenvalue weighted by atomic mass is 10.1. The Morgan fingerprint density at radius 3 is 2.06 bits per heavy atom. The third-order valence-electron chi connectivity index (χ3n) is 3.34. The number of hydrogen-bond acceptors (Lipinski definition) is 2. The lowest BCUT2D eigenvalue weighted by molar-refractivity contribution is 0.616. The van der Waals surface area contributed by atoms with Gasteiger partial charge in [0.2, 0.25) is 0 Å². The van der Waals surface area contributed by atoms with Crippen LogP contribution in [-0.4, -0.2) is 20.1 Å². The zero-order valence-corrected chi connectivity index (χ0v) is 12.2. The SMILES string of the molecule is Cc1cc(C)cc(N(C)CCCCCCCN)c1. The molecule has 0 aromatic heterocycles. The van der Waals surface area contributed by atoms with Crippen LogP contribution in [0.3, 0.4) is 0 Å². The highest BCUT2D eigenvalue weighted by atomic mass is 15.1. The van der Waals surface area contributed by atoms with Crippen LogP contribution in [0, 0.1) is 13.8 Å². The van der Waals surface area contributed by atoms with Crippen LogP contribution in [0.2, 0.25) is 0 Å². The Morgan fingerprint density at radius 1 is 0.889 bits per heavy atom. The summed E-state index contributed by atoms with van der Waals surface area (Å²) >= 11 is 0. The molecule has 0 aliphatic rings. The monoisotopic (exact) mass is 248 g/mol. The van der Waals surface area contributed by atoms with E-state index >= 15 is 0 Å². The van der Waals surface area contributed by atoms with Gasteiger partial charge in [-0.1, -0.05) is 25.3 Å². The first-order chi connectivity index (χ1) is 8.63.